The molecule has 156 valence electrons. The number of aromatic nitrogens is 1. The highest BCUT2D eigenvalue weighted by molar-refractivity contribution is 7.94. The molecular weight excluding hydrogens is 398 g/mol. The number of nitrogens with zero attached hydrogens (tertiary/aromatic N) is 2. The van der Waals surface area contributed by atoms with E-state index in [0.717, 1.165) is 4.90 Å². The summed E-state index contributed by atoms with van der Waals surface area (Å²) in [7, 11) is -3.96. The van der Waals surface area contributed by atoms with Gasteiger partial charge in [-0.3, -0.25) is 14.6 Å². The van der Waals surface area contributed by atoms with E-state index in [2.05, 4.69) is 10.3 Å². The Bertz CT molecular complexity index is 1050. The van der Waals surface area contributed by atoms with Crippen molar-refractivity contribution >= 4 is 33.7 Å². The van der Waals surface area contributed by atoms with E-state index in [1.807, 2.05) is 20.8 Å². The van der Waals surface area contributed by atoms with Crippen LogP contribution in [0.1, 0.15) is 50.7 Å². The first-order valence-electron chi connectivity index (χ1n) is 8.97. The fraction of sp³-hybridized carbons (Fsp3) is 0.474. The van der Waals surface area contributed by atoms with Gasteiger partial charge in [0, 0.05) is 17.3 Å². The van der Waals surface area contributed by atoms with Crippen LogP contribution in [0.2, 0.25) is 0 Å². The molecule has 0 bridgehead atoms. The largest absolute Gasteiger partial charge is 0.480 e. The summed E-state index contributed by atoms with van der Waals surface area (Å²) >= 11 is 0. The Morgan fingerprint density at radius 1 is 1.31 bits per heavy atom. The lowest BCUT2D eigenvalue weighted by Gasteiger charge is -2.37. The summed E-state index contributed by atoms with van der Waals surface area (Å²) in [6.45, 7) is 8.12. The number of nitrogens with one attached hydrogen (secondary N) is 1. The van der Waals surface area contributed by atoms with Gasteiger partial charge >= 0.3 is 5.97 Å². The van der Waals surface area contributed by atoms with E-state index in [1.54, 1.807) is 0 Å². The van der Waals surface area contributed by atoms with Gasteiger partial charge in [0.25, 0.3) is 11.8 Å². The summed E-state index contributed by atoms with van der Waals surface area (Å²) in [6.07, 6.45) is 2.69. The van der Waals surface area contributed by atoms with E-state index >= 15 is 0 Å². The summed E-state index contributed by atoms with van der Waals surface area (Å²) < 4.78 is 24.1. The Morgan fingerprint density at radius 2 is 1.93 bits per heavy atom. The maximum absolute atomic E-state index is 12.9. The Morgan fingerprint density at radius 3 is 2.48 bits per heavy atom. The summed E-state index contributed by atoms with van der Waals surface area (Å²) in [4.78, 5) is 41.5. The highest BCUT2D eigenvalue weighted by Gasteiger charge is 2.70. The van der Waals surface area contributed by atoms with Crippen LogP contribution < -0.4 is 5.32 Å². The second kappa shape index (κ2) is 6.38. The maximum Gasteiger partial charge on any atom is 0.328 e. The first-order valence-corrected chi connectivity index (χ1v) is 10.5. The van der Waals surface area contributed by atoms with Crippen LogP contribution in [-0.2, 0) is 19.4 Å². The summed E-state index contributed by atoms with van der Waals surface area (Å²) in [6, 6.07) is 1.50. The molecule has 0 aromatic carbocycles. The molecule has 0 radical (unpaired) electrons. The van der Waals surface area contributed by atoms with E-state index in [0.29, 0.717) is 5.56 Å². The zero-order valence-electron chi connectivity index (χ0n) is 16.8. The number of carboxylic acid groups (broad SMARTS) is 1. The predicted molar refractivity (Wildman–Crippen MR) is 104 cm³/mol. The number of rotatable bonds is 3. The molecule has 2 atom stereocenters. The number of carboxylic acids is 1. The smallest absolute Gasteiger partial charge is 0.328 e. The van der Waals surface area contributed by atoms with Gasteiger partial charge in [-0.05, 0) is 52.8 Å². The van der Waals surface area contributed by atoms with Crippen LogP contribution in [0.4, 0.5) is 0 Å². The van der Waals surface area contributed by atoms with Crippen molar-refractivity contribution in [2.24, 2.45) is 0 Å². The van der Waals surface area contributed by atoms with Crippen molar-refractivity contribution < 1.29 is 27.9 Å². The Labute approximate surface area is 168 Å². The second-order valence-corrected chi connectivity index (χ2v) is 11.3. The van der Waals surface area contributed by atoms with Crippen molar-refractivity contribution in [1.29, 1.82) is 0 Å². The maximum atomic E-state index is 12.9. The number of amides is 2. The van der Waals surface area contributed by atoms with E-state index in [9.17, 15) is 27.9 Å². The lowest BCUT2D eigenvalue weighted by atomic mass is 9.95. The molecule has 9 nitrogen and oxygen atoms in total. The van der Waals surface area contributed by atoms with Gasteiger partial charge in [-0.1, -0.05) is 0 Å². The molecule has 2 fully saturated rings. The van der Waals surface area contributed by atoms with Crippen molar-refractivity contribution in [2.45, 2.75) is 56.3 Å². The predicted octanol–water partition coefficient (Wildman–Crippen LogP) is 0.822. The number of carbonyl (C=O) groups is 3. The average molecular weight is 421 g/mol. The van der Waals surface area contributed by atoms with Crippen LogP contribution >= 0.6 is 0 Å². The number of aliphatic carboxylic acids is 1. The minimum atomic E-state index is -3.96. The molecule has 2 amide bonds. The van der Waals surface area contributed by atoms with Crippen LogP contribution in [0.25, 0.3) is 6.08 Å². The molecule has 10 heteroatoms. The Hall–Kier alpha value is -2.75. The third-order valence-corrected chi connectivity index (χ3v) is 7.79. The van der Waals surface area contributed by atoms with Gasteiger partial charge in [0.1, 0.15) is 4.75 Å². The highest BCUT2D eigenvalue weighted by atomic mass is 32.2. The number of hydrogen-bond acceptors (Lipinski definition) is 6. The molecule has 2 aliphatic rings. The number of pyridine rings is 1. The Kier molecular flexibility index (Phi) is 4.61. The molecule has 0 unspecified atom stereocenters. The van der Waals surface area contributed by atoms with Crippen LogP contribution in [0.5, 0.6) is 0 Å². The normalized spacial score (nSPS) is 26.0. The third kappa shape index (κ3) is 3.21. The molecule has 2 N–H and O–H groups in total. The molecule has 0 saturated carbocycles. The molecular formula is C19H23N3O6S. The van der Waals surface area contributed by atoms with Crippen molar-refractivity contribution in [2.75, 3.05) is 0 Å². The molecule has 1 aromatic rings. The molecule has 3 rings (SSSR count). The van der Waals surface area contributed by atoms with Crippen LogP contribution in [0, 0.1) is 0 Å². The van der Waals surface area contributed by atoms with Gasteiger partial charge in [0.15, 0.2) is 21.3 Å². The van der Waals surface area contributed by atoms with E-state index in [1.165, 1.54) is 38.3 Å². The van der Waals surface area contributed by atoms with Crippen LogP contribution in [0.3, 0.4) is 0 Å². The second-order valence-electron chi connectivity index (χ2n) is 8.73. The van der Waals surface area contributed by atoms with Crippen LogP contribution in [0.15, 0.2) is 23.9 Å². The highest BCUT2D eigenvalue weighted by Crippen LogP contribution is 2.48. The van der Waals surface area contributed by atoms with Gasteiger partial charge in [-0.15, -0.1) is 0 Å². The SMILES string of the molecule is CC(C)(C)NC(=O)c1ccnc(C=C2C(=O)N3[C@@H](C(=O)O)C(C)(C)S(=O)(=O)[C@H]23)c1. The molecule has 2 aliphatic heterocycles. The minimum absolute atomic E-state index is 0.0531. The van der Waals surface area contributed by atoms with Crippen molar-refractivity contribution in [3.05, 3.63) is 35.2 Å². The molecule has 3 heterocycles. The zero-order chi connectivity index (χ0) is 21.9. The topological polar surface area (TPSA) is 134 Å². The summed E-state index contributed by atoms with van der Waals surface area (Å²) in [5.74, 6) is -2.36. The quantitative estimate of drug-likeness (QED) is 0.545. The van der Waals surface area contributed by atoms with E-state index in [-0.39, 0.29) is 17.2 Å². The molecule has 0 aliphatic carbocycles. The van der Waals surface area contributed by atoms with E-state index < -0.39 is 43.4 Å². The fourth-order valence-electron chi connectivity index (χ4n) is 3.58. The number of β-lactam (4-membered cyclic amide) rings is 1. The number of sulfone groups is 1. The van der Waals surface area contributed by atoms with Gasteiger partial charge in [-0.25, -0.2) is 13.2 Å². The van der Waals surface area contributed by atoms with Gasteiger partial charge in [0.05, 0.1) is 11.3 Å². The van der Waals surface area contributed by atoms with Crippen molar-refractivity contribution in [3.8, 4) is 0 Å². The zero-order valence-corrected chi connectivity index (χ0v) is 17.6. The number of hydrogen-bond donors (Lipinski definition) is 2. The van der Waals surface area contributed by atoms with Gasteiger partial charge in [0.2, 0.25) is 0 Å². The van der Waals surface area contributed by atoms with Crippen LogP contribution in [-0.4, -0.2) is 62.9 Å². The lowest BCUT2D eigenvalue weighted by Crippen LogP contribution is -2.58. The standard InChI is InChI=1S/C19H23N3O6S/c1-18(2,3)21-14(23)10-6-7-20-11(8-10)9-12-15(24)22-13(17(25)26)19(4,5)29(27,28)16(12)22/h6-9,13,16H,1-5H3,(H,21,23)(H,25,26)/t13-,16+/m0/s1. The molecule has 29 heavy (non-hydrogen) atoms. The van der Waals surface area contributed by atoms with Crippen molar-refractivity contribution in [1.82, 2.24) is 15.2 Å². The molecule has 0 spiro atoms. The minimum Gasteiger partial charge on any atom is -0.480 e. The number of fused-ring (bicyclic) bond motifs is 1. The molecule has 2 saturated heterocycles. The average Bonchev–Trinajstić information content (AvgIpc) is 2.72. The Balaban J connectivity index is 1.98. The van der Waals surface area contributed by atoms with E-state index in [4.69, 9.17) is 0 Å². The van der Waals surface area contributed by atoms with Crippen molar-refractivity contribution in [3.63, 3.8) is 0 Å². The first-order chi connectivity index (χ1) is 13.2. The monoisotopic (exact) mass is 421 g/mol. The lowest BCUT2D eigenvalue weighted by molar-refractivity contribution is -0.152. The molecule has 1 aromatic heterocycles. The third-order valence-electron chi connectivity index (χ3n) is 5.03. The van der Waals surface area contributed by atoms with Gasteiger partial charge in [-0.2, -0.15) is 0 Å². The first kappa shape index (κ1) is 21.0. The van der Waals surface area contributed by atoms with Gasteiger partial charge < -0.3 is 15.3 Å². The summed E-state index contributed by atoms with van der Waals surface area (Å²) in [5.41, 5.74) is 0.0474. The summed E-state index contributed by atoms with van der Waals surface area (Å²) in [5, 5.41) is 10.9. The fourth-order valence-corrected chi connectivity index (χ4v) is 5.70. The number of carbonyl (C=O) groups excluding carboxylic acids is 2.